The second-order valence-corrected chi connectivity index (χ2v) is 3.24. The van der Waals surface area contributed by atoms with Crippen molar-refractivity contribution < 1.29 is 4.74 Å². The molecule has 0 aliphatic carbocycles. The van der Waals surface area contributed by atoms with Crippen molar-refractivity contribution in [2.45, 2.75) is 39.2 Å². The molecule has 0 amide bonds. The highest BCUT2D eigenvalue weighted by Gasteiger charge is 2.14. The van der Waals surface area contributed by atoms with Crippen LogP contribution in [0.1, 0.15) is 33.6 Å². The van der Waals surface area contributed by atoms with Crippen molar-refractivity contribution in [1.82, 2.24) is 0 Å². The Bertz CT molecular complexity index is 132. The third-order valence-corrected chi connectivity index (χ3v) is 1.72. The Morgan fingerprint density at radius 3 is 2.45 bits per heavy atom. The molecule has 0 radical (unpaired) electrons. The summed E-state index contributed by atoms with van der Waals surface area (Å²) in [6.45, 7) is 6.70. The Hall–Kier alpha value is -0.570. The Labute approximate surface area is 68.4 Å². The topological polar surface area (TPSA) is 59.1 Å². The van der Waals surface area contributed by atoms with Gasteiger partial charge in [0.15, 0.2) is 0 Å². The molecule has 0 unspecified atom stereocenters. The quantitative estimate of drug-likeness (QED) is 0.470. The zero-order chi connectivity index (χ0) is 8.91. The summed E-state index contributed by atoms with van der Waals surface area (Å²) in [5.41, 5.74) is 5.09. The predicted molar refractivity (Wildman–Crippen MR) is 46.9 cm³/mol. The van der Waals surface area contributed by atoms with Crippen molar-refractivity contribution >= 4 is 5.84 Å². The van der Waals surface area contributed by atoms with E-state index in [1.807, 2.05) is 13.8 Å². The van der Waals surface area contributed by atoms with Gasteiger partial charge in [0.2, 0.25) is 0 Å². The molecule has 0 bridgehead atoms. The maximum absolute atomic E-state index is 6.96. The first-order valence-electron chi connectivity index (χ1n) is 3.95. The molecule has 0 aromatic rings. The third-order valence-electron chi connectivity index (χ3n) is 1.72. The van der Waals surface area contributed by atoms with Crippen molar-refractivity contribution in [3.8, 4) is 0 Å². The summed E-state index contributed by atoms with van der Waals surface area (Å²) >= 11 is 0. The summed E-state index contributed by atoms with van der Waals surface area (Å²) in [4.78, 5) is 0. The van der Waals surface area contributed by atoms with Crippen LogP contribution in [0.25, 0.3) is 0 Å². The van der Waals surface area contributed by atoms with Crippen LogP contribution in [0.3, 0.4) is 0 Å². The molecule has 0 aromatic heterocycles. The maximum Gasteiger partial charge on any atom is 0.0928 e. The fraction of sp³-hybridized carbons (Fsp3) is 0.875. The largest absolute Gasteiger partial charge is 0.388 e. The molecule has 0 spiro atoms. The van der Waals surface area contributed by atoms with Crippen molar-refractivity contribution in [3.05, 3.63) is 0 Å². The van der Waals surface area contributed by atoms with E-state index >= 15 is 0 Å². The van der Waals surface area contributed by atoms with Crippen LogP contribution in [0.15, 0.2) is 0 Å². The number of nitrogens with one attached hydrogen (secondary N) is 1. The lowest BCUT2D eigenvalue weighted by Crippen LogP contribution is -2.25. The van der Waals surface area contributed by atoms with Crippen molar-refractivity contribution in [3.63, 3.8) is 0 Å². The first kappa shape index (κ1) is 10.4. The lowest BCUT2D eigenvalue weighted by molar-refractivity contribution is -0.0162. The van der Waals surface area contributed by atoms with Crippen LogP contribution >= 0.6 is 0 Å². The molecule has 0 rings (SSSR count). The van der Waals surface area contributed by atoms with E-state index in [0.717, 1.165) is 6.42 Å². The lowest BCUT2D eigenvalue weighted by Gasteiger charge is -2.23. The van der Waals surface area contributed by atoms with Gasteiger partial charge < -0.3 is 10.5 Å². The average Bonchev–Trinajstić information content (AvgIpc) is 1.87. The van der Waals surface area contributed by atoms with Gasteiger partial charge >= 0.3 is 0 Å². The fourth-order valence-corrected chi connectivity index (χ4v) is 0.539. The van der Waals surface area contributed by atoms with Crippen LogP contribution < -0.4 is 5.73 Å². The monoisotopic (exact) mass is 158 g/mol. The van der Waals surface area contributed by atoms with Gasteiger partial charge in [-0.05, 0) is 20.3 Å². The van der Waals surface area contributed by atoms with Gasteiger partial charge in [0.05, 0.1) is 18.0 Å². The second-order valence-electron chi connectivity index (χ2n) is 3.24. The Kier molecular flexibility index (Phi) is 4.11. The molecule has 3 nitrogen and oxygen atoms in total. The number of amidine groups is 1. The summed E-state index contributed by atoms with van der Waals surface area (Å²) in [5, 5.41) is 6.96. The van der Waals surface area contributed by atoms with Crippen LogP contribution in [0.4, 0.5) is 0 Å². The molecular formula is C8H18N2O. The molecule has 11 heavy (non-hydrogen) atoms. The van der Waals surface area contributed by atoms with Gasteiger partial charge in [-0.15, -0.1) is 0 Å². The van der Waals surface area contributed by atoms with Gasteiger partial charge in [0.25, 0.3) is 0 Å². The smallest absolute Gasteiger partial charge is 0.0928 e. The van der Waals surface area contributed by atoms with E-state index < -0.39 is 0 Å². The second kappa shape index (κ2) is 4.34. The predicted octanol–water partition coefficient (Wildman–Crippen LogP) is 1.52. The van der Waals surface area contributed by atoms with Crippen molar-refractivity contribution in [2.75, 3.05) is 6.61 Å². The molecule has 3 N–H and O–H groups in total. The minimum absolute atomic E-state index is 0.0740. The lowest BCUT2D eigenvalue weighted by atomic mass is 10.1. The maximum atomic E-state index is 6.96. The Morgan fingerprint density at radius 2 is 2.09 bits per heavy atom. The van der Waals surface area contributed by atoms with Gasteiger partial charge in [-0.2, -0.15) is 0 Å². The standard InChI is InChI=1S/C8H18N2O/c1-4-8(2,3)11-6-5-7(9)10/h4-6H2,1-3H3,(H3,9,10). The highest BCUT2D eigenvalue weighted by molar-refractivity contribution is 5.76. The minimum atomic E-state index is -0.0740. The van der Waals surface area contributed by atoms with Gasteiger partial charge in [0.1, 0.15) is 0 Å². The van der Waals surface area contributed by atoms with Gasteiger partial charge in [-0.3, -0.25) is 5.41 Å². The molecule has 0 aliphatic heterocycles. The molecular weight excluding hydrogens is 140 g/mol. The first-order valence-corrected chi connectivity index (χ1v) is 3.95. The van der Waals surface area contributed by atoms with E-state index in [-0.39, 0.29) is 11.4 Å². The number of hydrogen-bond acceptors (Lipinski definition) is 2. The summed E-state index contributed by atoms with van der Waals surface area (Å²) in [6.07, 6.45) is 1.51. The van der Waals surface area contributed by atoms with E-state index in [1.54, 1.807) is 0 Å². The molecule has 0 fully saturated rings. The van der Waals surface area contributed by atoms with E-state index in [1.165, 1.54) is 0 Å². The van der Waals surface area contributed by atoms with Gasteiger partial charge in [-0.25, -0.2) is 0 Å². The molecule has 66 valence electrons. The minimum Gasteiger partial charge on any atom is -0.388 e. The summed E-state index contributed by atoms with van der Waals surface area (Å²) in [5.74, 6) is 0.192. The van der Waals surface area contributed by atoms with Crippen LogP contribution in [-0.4, -0.2) is 18.0 Å². The number of hydrogen-bond donors (Lipinski definition) is 2. The summed E-state index contributed by atoms with van der Waals surface area (Å²) in [6, 6.07) is 0. The van der Waals surface area contributed by atoms with E-state index in [2.05, 4.69) is 6.92 Å². The van der Waals surface area contributed by atoms with Gasteiger partial charge in [0, 0.05) is 6.42 Å². The van der Waals surface area contributed by atoms with Crippen molar-refractivity contribution in [2.24, 2.45) is 5.73 Å². The zero-order valence-corrected chi connectivity index (χ0v) is 7.61. The van der Waals surface area contributed by atoms with Crippen LogP contribution in [0.5, 0.6) is 0 Å². The third kappa shape index (κ3) is 5.85. The van der Waals surface area contributed by atoms with Crippen LogP contribution in [0, 0.1) is 5.41 Å². The van der Waals surface area contributed by atoms with Gasteiger partial charge in [-0.1, -0.05) is 6.92 Å². The van der Waals surface area contributed by atoms with E-state index in [9.17, 15) is 0 Å². The molecule has 0 heterocycles. The SMILES string of the molecule is CCC(C)(C)OCCC(=N)N. The molecule has 0 aromatic carbocycles. The highest BCUT2D eigenvalue weighted by atomic mass is 16.5. The molecule has 0 aliphatic rings. The summed E-state index contributed by atoms with van der Waals surface area (Å²) < 4.78 is 5.47. The molecule has 3 heteroatoms. The highest BCUT2D eigenvalue weighted by Crippen LogP contribution is 2.13. The van der Waals surface area contributed by atoms with Crippen LogP contribution in [-0.2, 0) is 4.74 Å². The summed E-state index contributed by atoms with van der Waals surface area (Å²) in [7, 11) is 0. The molecule has 0 saturated carbocycles. The fourth-order valence-electron chi connectivity index (χ4n) is 0.539. The Balaban J connectivity index is 3.45. The normalized spacial score (nSPS) is 11.5. The van der Waals surface area contributed by atoms with E-state index in [4.69, 9.17) is 15.9 Å². The number of nitrogens with two attached hydrogens (primary N) is 1. The number of rotatable bonds is 5. The van der Waals surface area contributed by atoms with E-state index in [0.29, 0.717) is 13.0 Å². The number of ether oxygens (including phenoxy) is 1. The zero-order valence-electron chi connectivity index (χ0n) is 7.61. The molecule has 0 saturated heterocycles. The van der Waals surface area contributed by atoms with Crippen LogP contribution in [0.2, 0.25) is 0 Å². The average molecular weight is 158 g/mol. The molecule has 0 atom stereocenters. The Morgan fingerprint density at radius 1 is 1.55 bits per heavy atom. The van der Waals surface area contributed by atoms with Crippen molar-refractivity contribution in [1.29, 1.82) is 5.41 Å². The first-order chi connectivity index (χ1) is 4.98.